The lowest BCUT2D eigenvalue weighted by Gasteiger charge is -2.19. The molecule has 0 unspecified atom stereocenters. The number of aryl methyl sites for hydroxylation is 4. The molecule has 1 saturated heterocycles. The summed E-state index contributed by atoms with van der Waals surface area (Å²) in [6.45, 7) is 10.6. The number of nitrogens with zero attached hydrogens (tertiary/aromatic N) is 1. The topological polar surface area (TPSA) is 79.6 Å². The predicted molar refractivity (Wildman–Crippen MR) is 132 cm³/mol. The number of hydrogen-bond donors (Lipinski definition) is 1. The van der Waals surface area contributed by atoms with Crippen molar-refractivity contribution in [3.05, 3.63) is 57.8 Å². The Bertz CT molecular complexity index is 1310. The minimum Gasteiger partial charge on any atom is -0.449 e. The van der Waals surface area contributed by atoms with Gasteiger partial charge in [-0.15, -0.1) is 0 Å². The maximum atomic E-state index is 13.7. The van der Waals surface area contributed by atoms with Crippen LogP contribution in [-0.4, -0.2) is 32.3 Å². The van der Waals surface area contributed by atoms with Gasteiger partial charge in [0.25, 0.3) is 15.9 Å². The minimum absolute atomic E-state index is 0.0955. The third kappa shape index (κ3) is 4.26. The second kappa shape index (κ2) is 8.86. The standard InChI is InChI=1S/C26H32N2O4S/c1-16-11-10-12-17(2)22(16)27-33(30,31)25-19(4)18(3)15-21-20(5)23(32-24(21)25)26(29)28-13-8-6-7-9-14-28/h10-12,15,27H,6-9,13-14H2,1-5H3. The number of para-hydroxylation sites is 1. The molecule has 4 rings (SSSR count). The van der Waals surface area contributed by atoms with E-state index in [-0.39, 0.29) is 22.1 Å². The molecule has 3 aromatic rings. The molecule has 2 aromatic carbocycles. The number of hydrogen-bond acceptors (Lipinski definition) is 4. The fourth-order valence-electron chi connectivity index (χ4n) is 4.65. The molecular weight excluding hydrogens is 436 g/mol. The van der Waals surface area contributed by atoms with Crippen molar-refractivity contribution in [2.45, 2.75) is 65.2 Å². The Labute approximate surface area is 196 Å². The van der Waals surface area contributed by atoms with Gasteiger partial charge in [-0.25, -0.2) is 8.42 Å². The van der Waals surface area contributed by atoms with Crippen LogP contribution in [0, 0.1) is 34.6 Å². The molecule has 1 amide bonds. The van der Waals surface area contributed by atoms with Crippen molar-refractivity contribution < 1.29 is 17.6 Å². The van der Waals surface area contributed by atoms with Crippen LogP contribution in [0.3, 0.4) is 0 Å². The lowest BCUT2D eigenvalue weighted by atomic mass is 10.0. The van der Waals surface area contributed by atoms with Crippen molar-refractivity contribution in [1.29, 1.82) is 0 Å². The summed E-state index contributed by atoms with van der Waals surface area (Å²) >= 11 is 0. The number of carbonyl (C=O) groups is 1. The van der Waals surface area contributed by atoms with Crippen molar-refractivity contribution in [2.24, 2.45) is 0 Å². The zero-order valence-electron chi connectivity index (χ0n) is 20.0. The van der Waals surface area contributed by atoms with Crippen molar-refractivity contribution in [1.82, 2.24) is 4.90 Å². The van der Waals surface area contributed by atoms with Crippen LogP contribution in [0.4, 0.5) is 5.69 Å². The molecule has 1 N–H and O–H groups in total. The Kier molecular flexibility index (Phi) is 6.27. The zero-order valence-corrected chi connectivity index (χ0v) is 20.9. The lowest BCUT2D eigenvalue weighted by Crippen LogP contribution is -2.31. The van der Waals surface area contributed by atoms with Gasteiger partial charge in [-0.3, -0.25) is 9.52 Å². The van der Waals surface area contributed by atoms with Gasteiger partial charge in [-0.2, -0.15) is 0 Å². The summed E-state index contributed by atoms with van der Waals surface area (Å²) in [5.41, 5.74) is 4.63. The lowest BCUT2D eigenvalue weighted by molar-refractivity contribution is 0.0731. The summed E-state index contributed by atoms with van der Waals surface area (Å²) < 4.78 is 36.2. The number of rotatable bonds is 4. The van der Waals surface area contributed by atoms with Crippen molar-refractivity contribution in [2.75, 3.05) is 17.8 Å². The normalized spacial score (nSPS) is 15.0. The highest BCUT2D eigenvalue weighted by Crippen LogP contribution is 2.36. The Morgan fingerprint density at radius 1 is 0.909 bits per heavy atom. The second-order valence-corrected chi connectivity index (χ2v) is 10.8. The third-order valence-corrected chi connectivity index (χ3v) is 8.27. The zero-order chi connectivity index (χ0) is 23.9. The van der Waals surface area contributed by atoms with E-state index in [4.69, 9.17) is 4.42 Å². The van der Waals surface area contributed by atoms with Gasteiger partial charge in [0.15, 0.2) is 11.3 Å². The number of amides is 1. The van der Waals surface area contributed by atoms with Gasteiger partial charge in [0, 0.05) is 24.0 Å². The van der Waals surface area contributed by atoms with Gasteiger partial charge in [0.1, 0.15) is 4.90 Å². The van der Waals surface area contributed by atoms with Crippen molar-refractivity contribution in [3.63, 3.8) is 0 Å². The van der Waals surface area contributed by atoms with Gasteiger partial charge in [0.05, 0.1) is 5.69 Å². The largest absolute Gasteiger partial charge is 0.449 e. The molecule has 6 nitrogen and oxygen atoms in total. The molecule has 7 heteroatoms. The van der Waals surface area contributed by atoms with Crippen LogP contribution in [0.25, 0.3) is 11.0 Å². The summed E-state index contributed by atoms with van der Waals surface area (Å²) in [5, 5.41) is 0.665. The highest BCUT2D eigenvalue weighted by Gasteiger charge is 2.30. The second-order valence-electron chi connectivity index (χ2n) is 9.16. The molecule has 0 aliphatic carbocycles. The van der Waals surface area contributed by atoms with Gasteiger partial charge >= 0.3 is 0 Å². The van der Waals surface area contributed by atoms with Crippen LogP contribution in [-0.2, 0) is 10.0 Å². The van der Waals surface area contributed by atoms with E-state index in [1.54, 1.807) is 6.92 Å². The molecule has 176 valence electrons. The average Bonchev–Trinajstić information content (AvgIpc) is 2.94. The monoisotopic (exact) mass is 468 g/mol. The van der Waals surface area contributed by atoms with Crippen molar-refractivity contribution >= 4 is 32.6 Å². The highest BCUT2D eigenvalue weighted by atomic mass is 32.2. The van der Waals surface area contributed by atoms with E-state index in [0.29, 0.717) is 35.3 Å². The summed E-state index contributed by atoms with van der Waals surface area (Å²) in [7, 11) is -3.97. The molecule has 1 aliphatic heterocycles. The van der Waals surface area contributed by atoms with Crippen LogP contribution >= 0.6 is 0 Å². The molecule has 1 fully saturated rings. The van der Waals surface area contributed by atoms with Crippen LogP contribution < -0.4 is 4.72 Å². The summed E-state index contributed by atoms with van der Waals surface area (Å²) in [6, 6.07) is 7.56. The molecule has 0 saturated carbocycles. The Morgan fingerprint density at radius 3 is 2.12 bits per heavy atom. The van der Waals surface area contributed by atoms with Gasteiger partial charge in [-0.1, -0.05) is 31.0 Å². The fourth-order valence-corrected chi connectivity index (χ4v) is 6.30. The van der Waals surface area contributed by atoms with Crippen LogP contribution in [0.1, 0.15) is 64.1 Å². The molecule has 0 bridgehead atoms. The summed E-state index contributed by atoms with van der Waals surface area (Å²) in [4.78, 5) is 15.3. The Hall–Kier alpha value is -2.80. The SMILES string of the molecule is Cc1cc2c(C)c(C(=O)N3CCCCCC3)oc2c(S(=O)(=O)Nc2c(C)cccc2C)c1C. The summed E-state index contributed by atoms with van der Waals surface area (Å²) in [6.07, 6.45) is 4.19. The number of benzene rings is 2. The number of nitrogens with one attached hydrogen (secondary N) is 1. The molecular formula is C26H32N2O4S. The smallest absolute Gasteiger partial charge is 0.289 e. The molecule has 1 aromatic heterocycles. The Morgan fingerprint density at radius 2 is 1.52 bits per heavy atom. The molecule has 0 atom stereocenters. The number of sulfonamides is 1. The van der Waals surface area contributed by atoms with Gasteiger partial charge in [-0.05, 0) is 75.8 Å². The quantitative estimate of drug-likeness (QED) is 0.525. The van der Waals surface area contributed by atoms with Crippen LogP contribution in [0.15, 0.2) is 33.6 Å². The van der Waals surface area contributed by atoms with E-state index in [9.17, 15) is 13.2 Å². The van der Waals surface area contributed by atoms with Crippen LogP contribution in [0.2, 0.25) is 0 Å². The number of anilines is 1. The first-order chi connectivity index (χ1) is 15.6. The number of carbonyl (C=O) groups excluding carboxylic acids is 1. The first kappa shape index (κ1) is 23.4. The predicted octanol–water partition coefficient (Wildman–Crippen LogP) is 5.79. The van der Waals surface area contributed by atoms with E-state index < -0.39 is 10.0 Å². The number of likely N-dealkylation sites (tertiary alicyclic amines) is 1. The first-order valence-corrected chi connectivity index (χ1v) is 13.0. The van der Waals surface area contributed by atoms with E-state index in [1.807, 2.05) is 56.9 Å². The molecule has 0 spiro atoms. The van der Waals surface area contributed by atoms with E-state index in [2.05, 4.69) is 4.72 Å². The third-order valence-electron chi connectivity index (χ3n) is 6.77. The number of furan rings is 1. The molecule has 0 radical (unpaired) electrons. The van der Waals surface area contributed by atoms with E-state index in [0.717, 1.165) is 42.4 Å². The molecule has 2 heterocycles. The fraction of sp³-hybridized carbons (Fsp3) is 0.423. The first-order valence-electron chi connectivity index (χ1n) is 11.5. The molecule has 1 aliphatic rings. The van der Waals surface area contributed by atoms with E-state index >= 15 is 0 Å². The van der Waals surface area contributed by atoms with Gasteiger partial charge < -0.3 is 9.32 Å². The number of fused-ring (bicyclic) bond motifs is 1. The highest BCUT2D eigenvalue weighted by molar-refractivity contribution is 7.93. The Balaban J connectivity index is 1.85. The maximum absolute atomic E-state index is 13.7. The van der Waals surface area contributed by atoms with Gasteiger partial charge in [0.2, 0.25) is 0 Å². The maximum Gasteiger partial charge on any atom is 0.289 e. The molecule has 33 heavy (non-hydrogen) atoms. The minimum atomic E-state index is -3.97. The van der Waals surface area contributed by atoms with Crippen molar-refractivity contribution in [3.8, 4) is 0 Å². The van der Waals surface area contributed by atoms with Crippen LogP contribution in [0.5, 0.6) is 0 Å². The summed E-state index contributed by atoms with van der Waals surface area (Å²) in [5.74, 6) is 0.0763. The van der Waals surface area contributed by atoms with E-state index in [1.165, 1.54) is 0 Å². The average molecular weight is 469 g/mol.